The van der Waals surface area contributed by atoms with Gasteiger partial charge in [-0.3, -0.25) is 4.79 Å². The molecule has 1 unspecified atom stereocenters. The highest BCUT2D eigenvalue weighted by Crippen LogP contribution is 2.28. The summed E-state index contributed by atoms with van der Waals surface area (Å²) in [6.45, 7) is 0.442. The van der Waals surface area contributed by atoms with E-state index < -0.39 is 11.9 Å². The minimum Gasteiger partial charge on any atom is -0.481 e. The van der Waals surface area contributed by atoms with Gasteiger partial charge in [0.2, 0.25) is 0 Å². The van der Waals surface area contributed by atoms with Crippen molar-refractivity contribution >= 4 is 11.8 Å². The number of rotatable bonds is 7. The number of carboxylic acid groups (broad SMARTS) is 1. The second-order valence-corrected chi connectivity index (χ2v) is 8.53. The molecule has 168 valence electrons. The first kappa shape index (κ1) is 20.9. The first-order valence-electron chi connectivity index (χ1n) is 11.1. The number of nitrogens with two attached hydrogens (primary N) is 1. The van der Waals surface area contributed by atoms with Crippen molar-refractivity contribution in [2.45, 2.75) is 44.6 Å². The summed E-state index contributed by atoms with van der Waals surface area (Å²) in [5.41, 5.74) is 11.5. The van der Waals surface area contributed by atoms with Gasteiger partial charge in [-0.15, -0.1) is 0 Å². The average molecular weight is 444 g/mol. The van der Waals surface area contributed by atoms with E-state index in [2.05, 4.69) is 33.3 Å². The van der Waals surface area contributed by atoms with Crippen LogP contribution in [0.15, 0.2) is 59.6 Å². The molecule has 0 bridgehead atoms. The van der Waals surface area contributed by atoms with E-state index in [4.69, 9.17) is 10.3 Å². The Labute approximate surface area is 191 Å². The van der Waals surface area contributed by atoms with Crippen LogP contribution >= 0.6 is 0 Å². The Morgan fingerprint density at radius 3 is 2.76 bits per heavy atom. The number of aliphatic carboxylic acids is 1. The molecular formula is C25H25N5O3. The van der Waals surface area contributed by atoms with Crippen molar-refractivity contribution in [1.82, 2.24) is 19.7 Å². The van der Waals surface area contributed by atoms with Crippen molar-refractivity contribution in [3.8, 4) is 11.3 Å². The van der Waals surface area contributed by atoms with E-state index in [-0.39, 0.29) is 6.42 Å². The predicted molar refractivity (Wildman–Crippen MR) is 123 cm³/mol. The van der Waals surface area contributed by atoms with Crippen LogP contribution in [0.5, 0.6) is 0 Å². The molecule has 0 amide bonds. The van der Waals surface area contributed by atoms with E-state index in [1.165, 1.54) is 24.0 Å². The van der Waals surface area contributed by atoms with Gasteiger partial charge in [0.05, 0.1) is 18.6 Å². The monoisotopic (exact) mass is 443 g/mol. The number of aromatic nitrogens is 4. The highest BCUT2D eigenvalue weighted by atomic mass is 16.5. The fourth-order valence-corrected chi connectivity index (χ4v) is 4.35. The molecule has 0 aliphatic heterocycles. The van der Waals surface area contributed by atoms with Gasteiger partial charge in [0.1, 0.15) is 17.4 Å². The highest BCUT2D eigenvalue weighted by Gasteiger charge is 2.23. The molecule has 8 heteroatoms. The van der Waals surface area contributed by atoms with E-state index >= 15 is 0 Å². The molecule has 0 saturated heterocycles. The average Bonchev–Trinajstić information content (AvgIpc) is 3.48. The Hall–Kier alpha value is -3.94. The van der Waals surface area contributed by atoms with Crippen molar-refractivity contribution in [2.24, 2.45) is 0 Å². The van der Waals surface area contributed by atoms with Gasteiger partial charge in [0.15, 0.2) is 5.76 Å². The molecule has 33 heavy (non-hydrogen) atoms. The predicted octanol–water partition coefficient (Wildman–Crippen LogP) is 3.85. The number of imidazole rings is 1. The van der Waals surface area contributed by atoms with Crippen LogP contribution in [0, 0.1) is 0 Å². The van der Waals surface area contributed by atoms with Gasteiger partial charge >= 0.3 is 5.97 Å². The topological polar surface area (TPSA) is 120 Å². The minimum atomic E-state index is -0.937. The lowest BCUT2D eigenvalue weighted by Crippen LogP contribution is -2.15. The Morgan fingerprint density at radius 2 is 1.97 bits per heavy atom. The summed E-state index contributed by atoms with van der Waals surface area (Å²) in [4.78, 5) is 20.3. The molecule has 1 aliphatic carbocycles. The fourth-order valence-electron chi connectivity index (χ4n) is 4.35. The molecule has 0 fully saturated rings. The normalized spacial score (nSPS) is 14.1. The smallest absolute Gasteiger partial charge is 0.312 e. The van der Waals surface area contributed by atoms with E-state index in [1.807, 2.05) is 10.6 Å². The van der Waals surface area contributed by atoms with Crippen LogP contribution in [-0.2, 0) is 30.6 Å². The summed E-state index contributed by atoms with van der Waals surface area (Å²) < 4.78 is 7.42. The maximum atomic E-state index is 11.9. The third-order valence-electron chi connectivity index (χ3n) is 6.13. The number of carbonyl (C=O) groups is 1. The third kappa shape index (κ3) is 4.64. The van der Waals surface area contributed by atoms with Gasteiger partial charge in [0.25, 0.3) is 0 Å². The standard InChI is InChI=1S/C25H25N5O3/c26-24-8-5-16(12-27-24)9-21(25(31)32)22-14-30(15-28-22)13-20-11-23(33-29-20)19-7-6-17-3-1-2-4-18(17)10-19/h5-8,10-12,14-15,21H,1-4,9,13H2,(H2,26,27)(H,31,32). The highest BCUT2D eigenvalue weighted by molar-refractivity contribution is 5.75. The zero-order valence-corrected chi connectivity index (χ0v) is 18.1. The van der Waals surface area contributed by atoms with Crippen LogP contribution in [0.4, 0.5) is 5.82 Å². The van der Waals surface area contributed by atoms with Gasteiger partial charge in [-0.2, -0.15) is 0 Å². The Bertz CT molecular complexity index is 1280. The molecule has 0 radical (unpaired) electrons. The maximum Gasteiger partial charge on any atom is 0.312 e. The fraction of sp³-hybridized carbons (Fsp3) is 0.280. The second kappa shape index (κ2) is 8.90. The number of anilines is 1. The summed E-state index contributed by atoms with van der Waals surface area (Å²) in [5, 5.41) is 13.9. The van der Waals surface area contributed by atoms with E-state index in [1.54, 1.807) is 30.9 Å². The lowest BCUT2D eigenvalue weighted by Gasteiger charge is -2.15. The Balaban J connectivity index is 1.30. The molecule has 0 spiro atoms. The molecule has 3 N–H and O–H groups in total. The first-order valence-corrected chi connectivity index (χ1v) is 11.1. The van der Waals surface area contributed by atoms with Crippen LogP contribution in [0.1, 0.15) is 46.8 Å². The van der Waals surface area contributed by atoms with Crippen molar-refractivity contribution in [1.29, 1.82) is 0 Å². The second-order valence-electron chi connectivity index (χ2n) is 8.53. The Morgan fingerprint density at radius 1 is 1.12 bits per heavy atom. The third-order valence-corrected chi connectivity index (χ3v) is 6.13. The lowest BCUT2D eigenvalue weighted by atomic mass is 9.90. The van der Waals surface area contributed by atoms with Gasteiger partial charge < -0.3 is 19.9 Å². The van der Waals surface area contributed by atoms with Crippen molar-refractivity contribution < 1.29 is 14.4 Å². The van der Waals surface area contributed by atoms with Crippen LogP contribution in [-0.4, -0.2) is 30.8 Å². The largest absolute Gasteiger partial charge is 0.481 e. The molecule has 4 aromatic rings. The molecule has 3 heterocycles. The number of nitrogen functional groups attached to an aromatic ring is 1. The number of hydrogen-bond donors (Lipinski definition) is 2. The zero-order valence-electron chi connectivity index (χ0n) is 18.1. The quantitative estimate of drug-likeness (QED) is 0.445. The van der Waals surface area contributed by atoms with Crippen LogP contribution in [0.25, 0.3) is 11.3 Å². The summed E-state index contributed by atoms with van der Waals surface area (Å²) in [7, 11) is 0. The summed E-state index contributed by atoms with van der Waals surface area (Å²) in [6, 6.07) is 11.9. The van der Waals surface area contributed by atoms with Crippen molar-refractivity contribution in [3.63, 3.8) is 0 Å². The lowest BCUT2D eigenvalue weighted by molar-refractivity contribution is -0.138. The number of hydrogen-bond acceptors (Lipinski definition) is 6. The van der Waals surface area contributed by atoms with Crippen LogP contribution in [0.3, 0.4) is 0 Å². The SMILES string of the molecule is Nc1ccc(CC(C(=O)O)c2cn(Cc3cc(-c4ccc5c(c4)CCCC5)on3)cn2)cn1. The van der Waals surface area contributed by atoms with Crippen molar-refractivity contribution in [3.05, 3.63) is 83.2 Å². The number of nitrogens with zero attached hydrogens (tertiary/aromatic N) is 4. The van der Waals surface area contributed by atoms with E-state index in [9.17, 15) is 9.90 Å². The summed E-state index contributed by atoms with van der Waals surface area (Å²) >= 11 is 0. The molecule has 5 rings (SSSR count). The molecular weight excluding hydrogens is 418 g/mol. The summed E-state index contributed by atoms with van der Waals surface area (Å²) in [6.07, 6.45) is 9.99. The van der Waals surface area contributed by atoms with E-state index in [0.717, 1.165) is 35.4 Å². The van der Waals surface area contributed by atoms with Crippen molar-refractivity contribution in [2.75, 3.05) is 5.73 Å². The minimum absolute atomic E-state index is 0.284. The molecule has 1 aliphatic rings. The number of fused-ring (bicyclic) bond motifs is 1. The number of pyridine rings is 1. The van der Waals surface area contributed by atoms with Gasteiger partial charge in [0, 0.05) is 24.0 Å². The molecule has 3 aromatic heterocycles. The summed E-state index contributed by atoms with van der Waals surface area (Å²) in [5.74, 6) is -0.580. The van der Waals surface area contributed by atoms with E-state index in [0.29, 0.717) is 18.1 Å². The maximum absolute atomic E-state index is 11.9. The Kier molecular flexibility index (Phi) is 5.64. The van der Waals surface area contributed by atoms with Gasteiger partial charge in [-0.1, -0.05) is 23.4 Å². The van der Waals surface area contributed by atoms with Gasteiger partial charge in [-0.05, 0) is 60.9 Å². The zero-order chi connectivity index (χ0) is 22.8. The molecule has 1 aromatic carbocycles. The number of benzene rings is 1. The molecule has 8 nitrogen and oxygen atoms in total. The molecule has 1 atom stereocenters. The van der Waals surface area contributed by atoms with Gasteiger partial charge in [-0.25, -0.2) is 9.97 Å². The van der Waals surface area contributed by atoms with Crippen LogP contribution in [0.2, 0.25) is 0 Å². The number of aryl methyl sites for hydroxylation is 2. The van der Waals surface area contributed by atoms with Crippen LogP contribution < -0.4 is 5.73 Å². The molecule has 0 saturated carbocycles. The first-order chi connectivity index (χ1) is 16.0. The number of carboxylic acids is 1.